The minimum atomic E-state index is -0.0644. The van der Waals surface area contributed by atoms with Gasteiger partial charge in [-0.25, -0.2) is 9.67 Å². The molecular weight excluding hydrogens is 232 g/mol. The summed E-state index contributed by atoms with van der Waals surface area (Å²) in [6.45, 7) is 3.22. The molecule has 18 heavy (non-hydrogen) atoms. The first-order valence-electron chi connectivity index (χ1n) is 5.88. The van der Waals surface area contributed by atoms with Crippen molar-refractivity contribution in [3.8, 4) is 5.75 Å². The molecule has 2 aromatic rings. The van der Waals surface area contributed by atoms with Gasteiger partial charge in [-0.2, -0.15) is 5.10 Å². The molecule has 96 valence electrons. The Morgan fingerprint density at radius 2 is 2.22 bits per heavy atom. The highest BCUT2D eigenvalue weighted by molar-refractivity contribution is 5.19. The SMILES string of the molecule is CCCn1ncnc1COc1ccc(CO)nc1. The number of aliphatic hydroxyl groups is 1. The quantitative estimate of drug-likeness (QED) is 0.830. The fourth-order valence-corrected chi connectivity index (χ4v) is 1.54. The summed E-state index contributed by atoms with van der Waals surface area (Å²) < 4.78 is 7.40. The van der Waals surface area contributed by atoms with Crippen LogP contribution < -0.4 is 4.74 Å². The number of rotatable bonds is 6. The molecule has 0 atom stereocenters. The summed E-state index contributed by atoms with van der Waals surface area (Å²) in [5, 5.41) is 13.0. The summed E-state index contributed by atoms with van der Waals surface area (Å²) in [5.41, 5.74) is 0.622. The van der Waals surface area contributed by atoms with Crippen molar-refractivity contribution < 1.29 is 9.84 Å². The molecule has 2 aromatic heterocycles. The second kappa shape index (κ2) is 6.11. The Balaban J connectivity index is 1.95. The fraction of sp³-hybridized carbons (Fsp3) is 0.417. The first-order chi connectivity index (χ1) is 8.83. The van der Waals surface area contributed by atoms with Crippen molar-refractivity contribution in [1.82, 2.24) is 19.7 Å². The molecular formula is C12H16N4O2. The molecule has 0 radical (unpaired) electrons. The maximum Gasteiger partial charge on any atom is 0.164 e. The Labute approximate surface area is 105 Å². The van der Waals surface area contributed by atoms with Crippen LogP contribution in [0.1, 0.15) is 24.9 Å². The Morgan fingerprint density at radius 1 is 1.33 bits per heavy atom. The molecule has 1 N–H and O–H groups in total. The first-order valence-corrected chi connectivity index (χ1v) is 5.88. The van der Waals surface area contributed by atoms with E-state index in [2.05, 4.69) is 22.0 Å². The first kappa shape index (κ1) is 12.5. The van der Waals surface area contributed by atoms with Crippen LogP contribution in [-0.4, -0.2) is 24.9 Å². The van der Waals surface area contributed by atoms with Crippen LogP contribution in [0.25, 0.3) is 0 Å². The van der Waals surface area contributed by atoms with Crippen LogP contribution in [-0.2, 0) is 19.8 Å². The van der Waals surface area contributed by atoms with Gasteiger partial charge in [0.15, 0.2) is 5.82 Å². The van der Waals surface area contributed by atoms with Crippen LogP contribution in [0.5, 0.6) is 5.75 Å². The van der Waals surface area contributed by atoms with E-state index in [4.69, 9.17) is 9.84 Å². The zero-order valence-electron chi connectivity index (χ0n) is 10.3. The van der Waals surface area contributed by atoms with Gasteiger partial charge in [0.1, 0.15) is 18.7 Å². The van der Waals surface area contributed by atoms with Gasteiger partial charge in [0.25, 0.3) is 0 Å². The van der Waals surface area contributed by atoms with Crippen LogP contribution in [0.15, 0.2) is 24.7 Å². The normalized spacial score (nSPS) is 10.6. The summed E-state index contributed by atoms with van der Waals surface area (Å²) in [4.78, 5) is 8.19. The van der Waals surface area contributed by atoms with Crippen molar-refractivity contribution >= 4 is 0 Å². The standard InChI is InChI=1S/C12H16N4O2/c1-2-5-16-12(14-9-15-16)8-18-11-4-3-10(7-17)13-6-11/h3-4,6,9,17H,2,5,7-8H2,1H3. The van der Waals surface area contributed by atoms with Crippen LogP contribution in [0.3, 0.4) is 0 Å². The minimum absolute atomic E-state index is 0.0644. The second-order valence-corrected chi connectivity index (χ2v) is 3.83. The topological polar surface area (TPSA) is 73.1 Å². The average Bonchev–Trinajstić information content (AvgIpc) is 2.85. The summed E-state index contributed by atoms with van der Waals surface area (Å²) in [6, 6.07) is 3.51. The predicted octanol–water partition coefficient (Wildman–Crippen LogP) is 1.15. The lowest BCUT2D eigenvalue weighted by atomic mass is 10.3. The predicted molar refractivity (Wildman–Crippen MR) is 64.8 cm³/mol. The van der Waals surface area contributed by atoms with Crippen molar-refractivity contribution in [3.05, 3.63) is 36.2 Å². The summed E-state index contributed by atoms with van der Waals surface area (Å²) in [6.07, 6.45) is 4.12. The summed E-state index contributed by atoms with van der Waals surface area (Å²) in [7, 11) is 0. The highest BCUT2D eigenvalue weighted by atomic mass is 16.5. The molecule has 0 aliphatic heterocycles. The number of aryl methyl sites for hydroxylation is 1. The van der Waals surface area contributed by atoms with Gasteiger partial charge in [0.05, 0.1) is 18.5 Å². The van der Waals surface area contributed by atoms with E-state index in [1.807, 2.05) is 4.68 Å². The Morgan fingerprint density at radius 3 is 2.89 bits per heavy atom. The largest absolute Gasteiger partial charge is 0.484 e. The van der Waals surface area contributed by atoms with E-state index in [-0.39, 0.29) is 6.61 Å². The van der Waals surface area contributed by atoms with Crippen LogP contribution >= 0.6 is 0 Å². The third-order valence-corrected chi connectivity index (χ3v) is 2.46. The lowest BCUT2D eigenvalue weighted by molar-refractivity contribution is 0.272. The van der Waals surface area contributed by atoms with Crippen molar-refractivity contribution in [2.45, 2.75) is 33.1 Å². The van der Waals surface area contributed by atoms with Gasteiger partial charge in [0.2, 0.25) is 0 Å². The van der Waals surface area contributed by atoms with Crippen LogP contribution in [0.4, 0.5) is 0 Å². The molecule has 0 saturated heterocycles. The minimum Gasteiger partial charge on any atom is -0.484 e. The molecule has 2 heterocycles. The summed E-state index contributed by atoms with van der Waals surface area (Å²) in [5.74, 6) is 1.45. The number of ether oxygens (including phenoxy) is 1. The highest BCUT2D eigenvalue weighted by Crippen LogP contribution is 2.11. The number of hydrogen-bond acceptors (Lipinski definition) is 5. The molecule has 0 aromatic carbocycles. The van der Waals surface area contributed by atoms with Crippen LogP contribution in [0, 0.1) is 0 Å². The van der Waals surface area contributed by atoms with Crippen molar-refractivity contribution in [2.24, 2.45) is 0 Å². The molecule has 0 amide bonds. The molecule has 6 nitrogen and oxygen atoms in total. The van der Waals surface area contributed by atoms with Gasteiger partial charge >= 0.3 is 0 Å². The van der Waals surface area contributed by atoms with Gasteiger partial charge in [-0.05, 0) is 18.6 Å². The zero-order chi connectivity index (χ0) is 12.8. The van der Waals surface area contributed by atoms with E-state index in [9.17, 15) is 0 Å². The third kappa shape index (κ3) is 3.04. The van der Waals surface area contributed by atoms with Crippen molar-refractivity contribution in [3.63, 3.8) is 0 Å². The average molecular weight is 248 g/mol. The van der Waals surface area contributed by atoms with Crippen molar-refractivity contribution in [1.29, 1.82) is 0 Å². The molecule has 0 spiro atoms. The van der Waals surface area contributed by atoms with Gasteiger partial charge in [0, 0.05) is 6.54 Å². The number of hydrogen-bond donors (Lipinski definition) is 1. The van der Waals surface area contributed by atoms with Gasteiger partial charge in [-0.3, -0.25) is 4.98 Å². The number of aliphatic hydroxyl groups excluding tert-OH is 1. The molecule has 0 saturated carbocycles. The maximum atomic E-state index is 8.88. The summed E-state index contributed by atoms with van der Waals surface area (Å²) >= 11 is 0. The maximum absolute atomic E-state index is 8.88. The molecule has 0 unspecified atom stereocenters. The van der Waals surface area contributed by atoms with E-state index in [1.54, 1.807) is 18.3 Å². The number of aromatic nitrogens is 4. The van der Waals surface area contributed by atoms with Crippen LogP contribution in [0.2, 0.25) is 0 Å². The Bertz CT molecular complexity index is 481. The molecule has 2 rings (SSSR count). The zero-order valence-corrected chi connectivity index (χ0v) is 10.3. The van der Waals surface area contributed by atoms with E-state index in [0.29, 0.717) is 18.1 Å². The Hall–Kier alpha value is -1.95. The number of nitrogens with zero attached hydrogens (tertiary/aromatic N) is 4. The monoisotopic (exact) mass is 248 g/mol. The van der Waals surface area contributed by atoms with Gasteiger partial charge in [-0.15, -0.1) is 0 Å². The number of pyridine rings is 1. The van der Waals surface area contributed by atoms with Gasteiger partial charge in [-0.1, -0.05) is 6.92 Å². The lowest BCUT2D eigenvalue weighted by Crippen LogP contribution is -2.08. The molecule has 6 heteroatoms. The molecule has 0 fully saturated rings. The molecule has 0 aliphatic rings. The fourth-order valence-electron chi connectivity index (χ4n) is 1.54. The van der Waals surface area contributed by atoms with E-state index in [1.165, 1.54) is 6.33 Å². The molecule has 0 aliphatic carbocycles. The Kier molecular flexibility index (Phi) is 4.25. The third-order valence-electron chi connectivity index (χ3n) is 2.46. The second-order valence-electron chi connectivity index (χ2n) is 3.83. The van der Waals surface area contributed by atoms with E-state index >= 15 is 0 Å². The lowest BCUT2D eigenvalue weighted by Gasteiger charge is -2.07. The smallest absolute Gasteiger partial charge is 0.164 e. The van der Waals surface area contributed by atoms with E-state index in [0.717, 1.165) is 18.8 Å². The van der Waals surface area contributed by atoms with E-state index < -0.39 is 0 Å². The van der Waals surface area contributed by atoms with Crippen molar-refractivity contribution in [2.75, 3.05) is 0 Å². The molecule has 0 bridgehead atoms. The highest BCUT2D eigenvalue weighted by Gasteiger charge is 2.04. The van der Waals surface area contributed by atoms with Gasteiger partial charge < -0.3 is 9.84 Å².